The Morgan fingerprint density at radius 3 is 2.41 bits per heavy atom. The highest BCUT2D eigenvalue weighted by molar-refractivity contribution is 7.90. The fraction of sp³-hybridized carbons (Fsp3) is 0.333. The van der Waals surface area contributed by atoms with Crippen LogP contribution in [0, 0.1) is 0 Å². The summed E-state index contributed by atoms with van der Waals surface area (Å²) in [6.07, 6.45) is 1.54. The number of para-hydroxylation sites is 1. The molecule has 1 aromatic carbocycles. The molecule has 0 N–H and O–H groups in total. The zero-order valence-electron chi connectivity index (χ0n) is 12.1. The zero-order chi connectivity index (χ0) is 15.4. The van der Waals surface area contributed by atoms with Crippen LogP contribution in [0.1, 0.15) is 5.76 Å². The summed E-state index contributed by atoms with van der Waals surface area (Å²) < 4.78 is 39.3. The van der Waals surface area contributed by atoms with Crippen molar-refractivity contribution in [3.05, 3.63) is 54.5 Å². The lowest BCUT2D eigenvalue weighted by atomic mass is 10.3. The molecule has 0 saturated carbocycles. The number of morpholine rings is 1. The lowest BCUT2D eigenvalue weighted by Crippen LogP contribution is -2.48. The van der Waals surface area contributed by atoms with E-state index in [0.29, 0.717) is 37.8 Å². The van der Waals surface area contributed by atoms with E-state index in [1.807, 2.05) is 18.2 Å². The zero-order valence-corrected chi connectivity index (χ0v) is 12.9. The van der Waals surface area contributed by atoms with Crippen LogP contribution in [0.15, 0.2) is 53.1 Å². The fourth-order valence-corrected chi connectivity index (χ4v) is 3.93. The number of furan rings is 1. The van der Waals surface area contributed by atoms with E-state index < -0.39 is 10.2 Å². The summed E-state index contributed by atoms with van der Waals surface area (Å²) in [5, 5.41) is 0. The van der Waals surface area contributed by atoms with Gasteiger partial charge in [-0.1, -0.05) is 18.2 Å². The van der Waals surface area contributed by atoms with Crippen molar-refractivity contribution < 1.29 is 17.6 Å². The maximum Gasteiger partial charge on any atom is 0.304 e. The Hall–Kier alpha value is -1.83. The summed E-state index contributed by atoms with van der Waals surface area (Å²) in [7, 11) is -3.63. The van der Waals surface area contributed by atoms with E-state index in [1.165, 1.54) is 8.61 Å². The van der Waals surface area contributed by atoms with Crippen LogP contribution in [-0.4, -0.2) is 39.0 Å². The van der Waals surface area contributed by atoms with Gasteiger partial charge in [0.1, 0.15) is 5.76 Å². The Morgan fingerprint density at radius 2 is 1.77 bits per heavy atom. The van der Waals surface area contributed by atoms with E-state index in [2.05, 4.69) is 0 Å². The largest absolute Gasteiger partial charge is 0.467 e. The van der Waals surface area contributed by atoms with Gasteiger partial charge in [0.25, 0.3) is 0 Å². The highest BCUT2D eigenvalue weighted by Gasteiger charge is 2.31. The second-order valence-electron chi connectivity index (χ2n) is 4.94. The second kappa shape index (κ2) is 6.51. The Balaban J connectivity index is 1.93. The Labute approximate surface area is 130 Å². The molecule has 0 bridgehead atoms. The van der Waals surface area contributed by atoms with Crippen molar-refractivity contribution in [1.29, 1.82) is 0 Å². The first kappa shape index (κ1) is 15.1. The van der Waals surface area contributed by atoms with Crippen LogP contribution < -0.4 is 4.31 Å². The van der Waals surface area contributed by atoms with Gasteiger partial charge < -0.3 is 9.15 Å². The van der Waals surface area contributed by atoms with Gasteiger partial charge in [0.2, 0.25) is 0 Å². The van der Waals surface area contributed by atoms with Gasteiger partial charge in [-0.3, -0.25) is 4.31 Å². The highest BCUT2D eigenvalue weighted by atomic mass is 32.2. The molecule has 0 unspecified atom stereocenters. The van der Waals surface area contributed by atoms with Gasteiger partial charge >= 0.3 is 10.2 Å². The molecule has 1 fully saturated rings. The number of hydrogen-bond donors (Lipinski definition) is 0. The second-order valence-corrected chi connectivity index (χ2v) is 6.79. The van der Waals surface area contributed by atoms with Crippen LogP contribution in [0.5, 0.6) is 0 Å². The molecule has 1 aliphatic rings. The number of ether oxygens (including phenoxy) is 1. The summed E-state index contributed by atoms with van der Waals surface area (Å²) in [6, 6.07) is 12.6. The molecule has 6 nitrogen and oxygen atoms in total. The monoisotopic (exact) mass is 322 g/mol. The minimum absolute atomic E-state index is 0.163. The van der Waals surface area contributed by atoms with Crippen molar-refractivity contribution in [3.8, 4) is 0 Å². The first-order valence-corrected chi connectivity index (χ1v) is 8.50. The van der Waals surface area contributed by atoms with E-state index in [9.17, 15) is 8.42 Å². The van der Waals surface area contributed by atoms with Crippen LogP contribution in [0.25, 0.3) is 0 Å². The quantitative estimate of drug-likeness (QED) is 0.843. The predicted octanol–water partition coefficient (Wildman–Crippen LogP) is 1.86. The molecule has 3 rings (SSSR count). The normalized spacial score (nSPS) is 16.5. The molecule has 2 heterocycles. The van der Waals surface area contributed by atoms with Crippen molar-refractivity contribution >= 4 is 15.9 Å². The Morgan fingerprint density at radius 1 is 1.05 bits per heavy atom. The number of nitrogens with zero attached hydrogens (tertiary/aromatic N) is 2. The van der Waals surface area contributed by atoms with Gasteiger partial charge in [0, 0.05) is 13.1 Å². The van der Waals surface area contributed by atoms with Crippen LogP contribution in [0.2, 0.25) is 0 Å². The van der Waals surface area contributed by atoms with E-state index in [0.717, 1.165) is 0 Å². The molecule has 0 spiro atoms. The molecule has 1 saturated heterocycles. The Bertz CT molecular complexity index is 680. The summed E-state index contributed by atoms with van der Waals surface area (Å²) in [5.41, 5.74) is 0.616. The molecule has 7 heteroatoms. The van der Waals surface area contributed by atoms with E-state index in [-0.39, 0.29) is 6.54 Å². The summed E-state index contributed by atoms with van der Waals surface area (Å²) in [5.74, 6) is 0.598. The van der Waals surface area contributed by atoms with Crippen molar-refractivity contribution in [3.63, 3.8) is 0 Å². The summed E-state index contributed by atoms with van der Waals surface area (Å²) >= 11 is 0. The maximum atomic E-state index is 13.0. The van der Waals surface area contributed by atoms with E-state index in [4.69, 9.17) is 9.15 Å². The van der Waals surface area contributed by atoms with Gasteiger partial charge in [-0.05, 0) is 24.3 Å². The first-order valence-electron chi connectivity index (χ1n) is 7.11. The molecule has 0 radical (unpaired) electrons. The molecule has 1 aromatic heterocycles. The summed E-state index contributed by atoms with van der Waals surface area (Å²) in [6.45, 7) is 1.73. The lowest BCUT2D eigenvalue weighted by Gasteiger charge is -2.32. The van der Waals surface area contributed by atoms with Crippen LogP contribution in [0.3, 0.4) is 0 Å². The third-order valence-corrected chi connectivity index (χ3v) is 5.41. The maximum absolute atomic E-state index is 13.0. The van der Waals surface area contributed by atoms with Gasteiger partial charge in [-0.15, -0.1) is 0 Å². The Kier molecular flexibility index (Phi) is 4.47. The summed E-state index contributed by atoms with van der Waals surface area (Å²) in [4.78, 5) is 0. The van der Waals surface area contributed by atoms with Crippen LogP contribution in [-0.2, 0) is 21.5 Å². The van der Waals surface area contributed by atoms with Gasteiger partial charge in [0.05, 0.1) is 31.7 Å². The molecule has 22 heavy (non-hydrogen) atoms. The predicted molar refractivity (Wildman–Crippen MR) is 82.6 cm³/mol. The van der Waals surface area contributed by atoms with Gasteiger partial charge in [-0.25, -0.2) is 0 Å². The number of rotatable bonds is 5. The van der Waals surface area contributed by atoms with E-state index in [1.54, 1.807) is 30.5 Å². The number of anilines is 1. The van der Waals surface area contributed by atoms with E-state index >= 15 is 0 Å². The SMILES string of the molecule is O=S(=O)(N1CCOCC1)N(Cc1ccco1)c1ccccc1. The molecular formula is C15H18N2O4S. The van der Waals surface area contributed by atoms with Crippen molar-refractivity contribution in [2.45, 2.75) is 6.54 Å². The standard InChI is InChI=1S/C15H18N2O4S/c18-22(19,16-8-11-20-12-9-16)17(13-15-7-4-10-21-15)14-5-2-1-3-6-14/h1-7,10H,8-9,11-13H2. The molecule has 2 aromatic rings. The van der Waals surface area contributed by atoms with Crippen molar-refractivity contribution in [2.75, 3.05) is 30.6 Å². The topological polar surface area (TPSA) is 63.0 Å². The molecule has 0 amide bonds. The first-order chi connectivity index (χ1) is 10.7. The average molecular weight is 322 g/mol. The van der Waals surface area contributed by atoms with Crippen molar-refractivity contribution in [2.24, 2.45) is 0 Å². The third-order valence-electron chi connectivity index (χ3n) is 3.50. The fourth-order valence-electron chi connectivity index (χ4n) is 2.36. The highest BCUT2D eigenvalue weighted by Crippen LogP contribution is 2.23. The minimum Gasteiger partial charge on any atom is -0.467 e. The third kappa shape index (κ3) is 3.16. The van der Waals surface area contributed by atoms with Crippen LogP contribution in [0.4, 0.5) is 5.69 Å². The average Bonchev–Trinajstić information content (AvgIpc) is 3.07. The minimum atomic E-state index is -3.63. The number of benzene rings is 1. The van der Waals surface area contributed by atoms with Crippen molar-refractivity contribution in [1.82, 2.24) is 4.31 Å². The molecule has 0 aliphatic carbocycles. The molecule has 118 valence electrons. The molecule has 1 aliphatic heterocycles. The number of hydrogen-bond acceptors (Lipinski definition) is 4. The molecule has 0 atom stereocenters. The molecular weight excluding hydrogens is 304 g/mol. The lowest BCUT2D eigenvalue weighted by molar-refractivity contribution is 0.0728. The smallest absolute Gasteiger partial charge is 0.304 e. The van der Waals surface area contributed by atoms with Crippen LogP contribution >= 0.6 is 0 Å². The van der Waals surface area contributed by atoms with Gasteiger partial charge in [-0.2, -0.15) is 12.7 Å². The van der Waals surface area contributed by atoms with Gasteiger partial charge in [0.15, 0.2) is 0 Å².